The van der Waals surface area contributed by atoms with Crippen molar-refractivity contribution in [2.45, 2.75) is 13.1 Å². The molecule has 0 fully saturated rings. The van der Waals surface area contributed by atoms with Crippen LogP contribution in [0.15, 0.2) is 48.0 Å². The Morgan fingerprint density at radius 2 is 1.88 bits per heavy atom. The number of carbonyl (C=O) groups is 1. The molecule has 11 heteroatoms. The molecule has 3 aromatic rings. The minimum atomic E-state index is -4.54. The predicted octanol–water partition coefficient (Wildman–Crippen LogP) is 5.42. The van der Waals surface area contributed by atoms with E-state index < -0.39 is 17.6 Å². The fourth-order valence-corrected chi connectivity index (χ4v) is 3.39. The molecular formula is C23H18ClF3N4O3. The third kappa shape index (κ3) is 5.15. The Morgan fingerprint density at radius 3 is 2.50 bits per heavy atom. The van der Waals surface area contributed by atoms with Crippen LogP contribution >= 0.6 is 11.6 Å². The molecule has 0 saturated heterocycles. The number of methoxy groups -OCH3 is 2. The highest BCUT2D eigenvalue weighted by molar-refractivity contribution is 6.31. The highest BCUT2D eigenvalue weighted by Gasteiger charge is 2.31. The zero-order valence-electron chi connectivity index (χ0n) is 18.2. The van der Waals surface area contributed by atoms with Crippen LogP contribution in [0.4, 0.5) is 18.9 Å². The van der Waals surface area contributed by atoms with Crippen molar-refractivity contribution in [3.05, 3.63) is 70.0 Å². The summed E-state index contributed by atoms with van der Waals surface area (Å²) in [6.07, 6.45) is -3.31. The molecule has 1 amide bonds. The van der Waals surface area contributed by atoms with E-state index in [4.69, 9.17) is 21.1 Å². The second kappa shape index (κ2) is 9.89. The minimum absolute atomic E-state index is 0.0523. The number of benzene rings is 2. The van der Waals surface area contributed by atoms with Crippen LogP contribution in [0.5, 0.6) is 11.5 Å². The fraction of sp³-hybridized carbons (Fsp3) is 0.174. The van der Waals surface area contributed by atoms with Gasteiger partial charge < -0.3 is 14.8 Å². The summed E-state index contributed by atoms with van der Waals surface area (Å²) in [5, 5.41) is 16.2. The molecule has 7 nitrogen and oxygen atoms in total. The molecule has 0 aliphatic carbocycles. The van der Waals surface area contributed by atoms with Gasteiger partial charge >= 0.3 is 6.18 Å². The summed E-state index contributed by atoms with van der Waals surface area (Å²) in [7, 11) is 2.91. The zero-order valence-corrected chi connectivity index (χ0v) is 19.0. The summed E-state index contributed by atoms with van der Waals surface area (Å²) in [6, 6.07) is 11.0. The summed E-state index contributed by atoms with van der Waals surface area (Å²) in [5.74, 6) is 0.113. The lowest BCUT2D eigenvalue weighted by molar-refractivity contribution is -0.137. The number of carbonyl (C=O) groups excluding carboxylic acids is 1. The number of nitrogens with one attached hydrogen (secondary N) is 1. The molecule has 176 valence electrons. The van der Waals surface area contributed by atoms with Crippen LogP contribution < -0.4 is 14.8 Å². The molecule has 1 aromatic heterocycles. The van der Waals surface area contributed by atoms with Gasteiger partial charge in [-0.05, 0) is 43.3 Å². The molecule has 1 heterocycles. The number of ether oxygens (including phenoxy) is 2. The lowest BCUT2D eigenvalue weighted by Crippen LogP contribution is -2.13. The molecular weight excluding hydrogens is 473 g/mol. The van der Waals surface area contributed by atoms with Crippen molar-refractivity contribution in [1.29, 1.82) is 5.26 Å². The van der Waals surface area contributed by atoms with Crippen molar-refractivity contribution < 1.29 is 27.4 Å². The van der Waals surface area contributed by atoms with E-state index in [0.717, 1.165) is 16.8 Å². The van der Waals surface area contributed by atoms with Gasteiger partial charge in [0.15, 0.2) is 11.5 Å². The zero-order chi connectivity index (χ0) is 25.0. The number of halogens is 4. The lowest BCUT2D eigenvalue weighted by Gasteiger charge is -2.10. The van der Waals surface area contributed by atoms with Gasteiger partial charge in [0, 0.05) is 17.3 Å². The van der Waals surface area contributed by atoms with Crippen LogP contribution in [0.2, 0.25) is 5.15 Å². The first kappa shape index (κ1) is 24.7. The van der Waals surface area contributed by atoms with Crippen molar-refractivity contribution >= 4 is 29.3 Å². The molecule has 2 aromatic carbocycles. The summed E-state index contributed by atoms with van der Waals surface area (Å²) >= 11 is 6.37. The van der Waals surface area contributed by atoms with Gasteiger partial charge in [-0.3, -0.25) is 4.79 Å². The van der Waals surface area contributed by atoms with E-state index >= 15 is 0 Å². The van der Waals surface area contributed by atoms with Gasteiger partial charge in [0.1, 0.15) is 16.8 Å². The second-order valence-corrected chi connectivity index (χ2v) is 7.30. The largest absolute Gasteiger partial charge is 0.493 e. The van der Waals surface area contributed by atoms with Gasteiger partial charge in [-0.25, -0.2) is 4.68 Å². The average Bonchev–Trinajstić information content (AvgIpc) is 3.09. The van der Waals surface area contributed by atoms with Gasteiger partial charge in [0.05, 0.1) is 31.2 Å². The summed E-state index contributed by atoms with van der Waals surface area (Å²) < 4.78 is 50.7. The summed E-state index contributed by atoms with van der Waals surface area (Å²) in [5.41, 5.74) is -0.184. The van der Waals surface area contributed by atoms with E-state index in [1.54, 1.807) is 25.1 Å². The van der Waals surface area contributed by atoms with Gasteiger partial charge in [0.25, 0.3) is 5.91 Å². The number of hydrogen-bond acceptors (Lipinski definition) is 5. The predicted molar refractivity (Wildman–Crippen MR) is 120 cm³/mol. The van der Waals surface area contributed by atoms with Crippen molar-refractivity contribution in [3.63, 3.8) is 0 Å². The Balaban J connectivity index is 1.94. The highest BCUT2D eigenvalue weighted by atomic mass is 35.5. The molecule has 0 unspecified atom stereocenters. The second-order valence-electron chi connectivity index (χ2n) is 6.94. The third-order valence-electron chi connectivity index (χ3n) is 4.76. The monoisotopic (exact) mass is 490 g/mol. The molecule has 0 aliphatic rings. The molecule has 0 radical (unpaired) electrons. The van der Waals surface area contributed by atoms with Gasteiger partial charge in [0.2, 0.25) is 0 Å². The number of rotatable bonds is 6. The Kier molecular flexibility index (Phi) is 7.17. The smallest absolute Gasteiger partial charge is 0.416 e. The quantitative estimate of drug-likeness (QED) is 0.368. The lowest BCUT2D eigenvalue weighted by atomic mass is 10.1. The standard InChI is InChI=1S/C23H18ClF3N4O3/c1-13-18(21(24)31(30-13)17-6-4-5-15(10-17)23(25,26)27)9-14(12-28)22(32)29-16-7-8-19(33-2)20(11-16)34-3/h4-11H,1-3H3,(H,29,32). The number of amides is 1. The van der Waals surface area contributed by atoms with Crippen LogP contribution in [-0.4, -0.2) is 29.9 Å². The molecule has 0 aliphatic heterocycles. The molecule has 1 N–H and O–H groups in total. The Labute approximate surface area is 198 Å². The van der Waals surface area contributed by atoms with Crippen molar-refractivity contribution in [2.75, 3.05) is 19.5 Å². The molecule has 0 spiro atoms. The van der Waals surface area contributed by atoms with E-state index in [1.165, 1.54) is 38.5 Å². The number of aryl methyl sites for hydroxylation is 1. The maximum atomic E-state index is 13.1. The maximum Gasteiger partial charge on any atom is 0.416 e. The summed E-state index contributed by atoms with van der Waals surface area (Å²) in [4.78, 5) is 12.7. The van der Waals surface area contributed by atoms with E-state index in [2.05, 4.69) is 10.4 Å². The van der Waals surface area contributed by atoms with Gasteiger partial charge in [-0.15, -0.1) is 0 Å². The Bertz CT molecular complexity index is 1310. The van der Waals surface area contributed by atoms with E-state index in [9.17, 15) is 23.2 Å². The highest BCUT2D eigenvalue weighted by Crippen LogP contribution is 2.33. The number of aromatic nitrogens is 2. The third-order valence-corrected chi connectivity index (χ3v) is 5.12. The van der Waals surface area contributed by atoms with Crippen molar-refractivity contribution in [1.82, 2.24) is 9.78 Å². The SMILES string of the molecule is COc1ccc(NC(=O)C(C#N)=Cc2c(C)nn(-c3cccc(C(F)(F)F)c3)c2Cl)cc1OC. The topological polar surface area (TPSA) is 89.2 Å². The average molecular weight is 491 g/mol. The van der Waals surface area contributed by atoms with Gasteiger partial charge in [-0.1, -0.05) is 17.7 Å². The molecule has 3 rings (SSSR count). The first-order valence-electron chi connectivity index (χ1n) is 9.67. The van der Waals surface area contributed by atoms with Crippen LogP contribution in [0.3, 0.4) is 0 Å². The van der Waals surface area contributed by atoms with Crippen molar-refractivity contribution in [2.24, 2.45) is 0 Å². The molecule has 0 bridgehead atoms. The van der Waals surface area contributed by atoms with E-state index in [-0.39, 0.29) is 22.0 Å². The number of nitriles is 1. The first-order valence-corrected chi connectivity index (χ1v) is 10.0. The van der Waals surface area contributed by atoms with E-state index in [0.29, 0.717) is 22.9 Å². The molecule has 0 atom stereocenters. The number of alkyl halides is 3. The first-order chi connectivity index (χ1) is 16.1. The van der Waals surface area contributed by atoms with E-state index in [1.807, 2.05) is 0 Å². The fourth-order valence-electron chi connectivity index (χ4n) is 3.07. The van der Waals surface area contributed by atoms with Crippen LogP contribution in [0, 0.1) is 18.3 Å². The molecule has 0 saturated carbocycles. The summed E-state index contributed by atoms with van der Waals surface area (Å²) in [6.45, 7) is 1.56. The van der Waals surface area contributed by atoms with Gasteiger partial charge in [-0.2, -0.15) is 23.5 Å². The number of anilines is 1. The maximum absolute atomic E-state index is 13.1. The van der Waals surface area contributed by atoms with Crippen molar-refractivity contribution in [3.8, 4) is 23.3 Å². The van der Waals surface area contributed by atoms with Crippen LogP contribution in [-0.2, 0) is 11.0 Å². The van der Waals surface area contributed by atoms with Crippen LogP contribution in [0.1, 0.15) is 16.8 Å². The molecule has 34 heavy (non-hydrogen) atoms. The Morgan fingerprint density at radius 1 is 1.18 bits per heavy atom. The number of nitrogens with zero attached hydrogens (tertiary/aromatic N) is 3. The minimum Gasteiger partial charge on any atom is -0.493 e. The normalized spacial score (nSPS) is 11.6. The van der Waals surface area contributed by atoms with Crippen LogP contribution in [0.25, 0.3) is 11.8 Å². The Hall–Kier alpha value is -3.97. The number of hydrogen-bond donors (Lipinski definition) is 1.